The molecule has 1 aromatic heterocycles. The van der Waals surface area contributed by atoms with Crippen molar-refractivity contribution in [1.29, 1.82) is 0 Å². The average Bonchev–Trinajstić information content (AvgIpc) is 2.73. The molecule has 0 aromatic carbocycles. The topological polar surface area (TPSA) is 31.6 Å². The van der Waals surface area contributed by atoms with Gasteiger partial charge < -0.3 is 19.5 Å². The average molecular weight is 279 g/mol. The van der Waals surface area contributed by atoms with Crippen LogP contribution in [0.4, 0.5) is 0 Å². The molecule has 0 amide bonds. The molecule has 0 spiro atoms. The van der Waals surface area contributed by atoms with Crippen molar-refractivity contribution in [3.63, 3.8) is 0 Å². The summed E-state index contributed by atoms with van der Waals surface area (Å²) in [6.45, 7) is 7.55. The monoisotopic (exact) mass is 279 g/mol. The maximum absolute atomic E-state index is 5.76. The van der Waals surface area contributed by atoms with Gasteiger partial charge in [0.25, 0.3) is 0 Å². The number of piperidine rings is 1. The summed E-state index contributed by atoms with van der Waals surface area (Å²) in [5.74, 6) is 2.94. The van der Waals surface area contributed by atoms with Crippen LogP contribution in [0.1, 0.15) is 29.9 Å². The summed E-state index contributed by atoms with van der Waals surface area (Å²) < 4.78 is 5.76. The van der Waals surface area contributed by atoms with E-state index in [9.17, 15) is 0 Å². The Hall–Kier alpha value is -0.840. The largest absolute Gasteiger partial charge is 0.465 e. The van der Waals surface area contributed by atoms with Gasteiger partial charge in [0.2, 0.25) is 0 Å². The maximum Gasteiger partial charge on any atom is 0.118 e. The second kappa shape index (κ2) is 7.25. The Kier molecular flexibility index (Phi) is 5.64. The third-order valence-corrected chi connectivity index (χ3v) is 4.27. The molecule has 4 nitrogen and oxygen atoms in total. The van der Waals surface area contributed by atoms with Crippen LogP contribution in [0.5, 0.6) is 0 Å². The van der Waals surface area contributed by atoms with Crippen LogP contribution in [0.3, 0.4) is 0 Å². The molecule has 0 saturated carbocycles. The van der Waals surface area contributed by atoms with E-state index in [1.807, 2.05) is 7.05 Å². The highest BCUT2D eigenvalue weighted by Crippen LogP contribution is 2.20. The second-order valence-electron chi connectivity index (χ2n) is 6.27. The van der Waals surface area contributed by atoms with Crippen molar-refractivity contribution in [3.05, 3.63) is 23.2 Å². The van der Waals surface area contributed by atoms with E-state index in [-0.39, 0.29) is 0 Å². The van der Waals surface area contributed by atoms with Crippen LogP contribution < -0.4 is 5.32 Å². The Bertz CT molecular complexity index is 408. The predicted octanol–water partition coefficient (Wildman–Crippen LogP) is 2.08. The molecule has 1 fully saturated rings. The first-order valence-corrected chi connectivity index (χ1v) is 7.68. The first-order valence-electron chi connectivity index (χ1n) is 7.68. The van der Waals surface area contributed by atoms with Gasteiger partial charge in [0.1, 0.15) is 11.5 Å². The Morgan fingerprint density at radius 3 is 2.75 bits per heavy atom. The molecule has 0 atom stereocenters. The Labute approximate surface area is 123 Å². The zero-order chi connectivity index (χ0) is 14.5. The number of furan rings is 1. The van der Waals surface area contributed by atoms with Gasteiger partial charge in [-0.25, -0.2) is 0 Å². The van der Waals surface area contributed by atoms with Gasteiger partial charge in [-0.2, -0.15) is 0 Å². The molecular formula is C16H29N3O. The van der Waals surface area contributed by atoms with Crippen molar-refractivity contribution in [1.82, 2.24) is 15.1 Å². The Morgan fingerprint density at radius 2 is 2.10 bits per heavy atom. The molecule has 2 rings (SSSR count). The normalized spacial score (nSPS) is 18.1. The van der Waals surface area contributed by atoms with Crippen molar-refractivity contribution in [2.45, 2.75) is 32.9 Å². The van der Waals surface area contributed by atoms with Gasteiger partial charge >= 0.3 is 0 Å². The number of hydrogen-bond donors (Lipinski definition) is 1. The third-order valence-electron chi connectivity index (χ3n) is 4.27. The number of rotatable bonds is 6. The summed E-state index contributed by atoms with van der Waals surface area (Å²) in [7, 11) is 6.39. The SMILES string of the molecule is CNCc1cc(CN(C)CC2CCN(C)CC2)c(C)o1. The summed E-state index contributed by atoms with van der Waals surface area (Å²) in [5, 5.41) is 3.14. The molecule has 1 aliphatic heterocycles. The first kappa shape index (κ1) is 15.5. The zero-order valence-electron chi connectivity index (χ0n) is 13.4. The van der Waals surface area contributed by atoms with Crippen LogP contribution in [-0.4, -0.2) is 50.6 Å². The lowest BCUT2D eigenvalue weighted by molar-refractivity contribution is 0.173. The molecule has 0 bridgehead atoms. The highest BCUT2D eigenvalue weighted by atomic mass is 16.3. The number of nitrogens with one attached hydrogen (secondary N) is 1. The minimum absolute atomic E-state index is 0.805. The predicted molar refractivity (Wildman–Crippen MR) is 82.8 cm³/mol. The van der Waals surface area contributed by atoms with Gasteiger partial charge in [-0.1, -0.05) is 0 Å². The molecule has 1 aromatic rings. The summed E-state index contributed by atoms with van der Waals surface area (Å²) in [6, 6.07) is 2.19. The Balaban J connectivity index is 1.83. The van der Waals surface area contributed by atoms with E-state index < -0.39 is 0 Å². The van der Waals surface area contributed by atoms with Crippen LogP contribution in [0.2, 0.25) is 0 Å². The fourth-order valence-corrected chi connectivity index (χ4v) is 3.05. The fraction of sp³-hybridized carbons (Fsp3) is 0.750. The smallest absolute Gasteiger partial charge is 0.118 e. The summed E-state index contributed by atoms with van der Waals surface area (Å²) in [6.07, 6.45) is 2.66. The van der Waals surface area contributed by atoms with E-state index in [1.54, 1.807) is 0 Å². The Morgan fingerprint density at radius 1 is 1.40 bits per heavy atom. The molecule has 4 heteroatoms. The molecule has 0 aliphatic carbocycles. The van der Waals surface area contributed by atoms with Crippen molar-refractivity contribution in [3.8, 4) is 0 Å². The van der Waals surface area contributed by atoms with E-state index >= 15 is 0 Å². The van der Waals surface area contributed by atoms with Crippen LogP contribution in [0.15, 0.2) is 10.5 Å². The van der Waals surface area contributed by atoms with E-state index in [2.05, 4.69) is 42.2 Å². The summed E-state index contributed by atoms with van der Waals surface area (Å²) in [4.78, 5) is 4.87. The molecule has 1 N–H and O–H groups in total. The van der Waals surface area contributed by atoms with Gasteiger partial charge in [-0.15, -0.1) is 0 Å². The lowest BCUT2D eigenvalue weighted by Crippen LogP contribution is -2.35. The van der Waals surface area contributed by atoms with E-state index in [0.717, 1.165) is 30.5 Å². The van der Waals surface area contributed by atoms with Gasteiger partial charge in [-0.05, 0) is 66.0 Å². The summed E-state index contributed by atoms with van der Waals surface area (Å²) in [5.41, 5.74) is 1.32. The number of likely N-dealkylation sites (tertiary alicyclic amines) is 1. The van der Waals surface area contributed by atoms with E-state index in [4.69, 9.17) is 4.42 Å². The molecular weight excluding hydrogens is 250 g/mol. The van der Waals surface area contributed by atoms with Gasteiger partial charge in [-0.3, -0.25) is 0 Å². The van der Waals surface area contributed by atoms with E-state index in [1.165, 1.54) is 38.0 Å². The first-order chi connectivity index (χ1) is 9.58. The molecule has 0 radical (unpaired) electrons. The van der Waals surface area contributed by atoms with Crippen LogP contribution >= 0.6 is 0 Å². The number of aryl methyl sites for hydroxylation is 1. The third kappa shape index (κ3) is 4.33. The van der Waals surface area contributed by atoms with Gasteiger partial charge in [0.15, 0.2) is 0 Å². The minimum Gasteiger partial charge on any atom is -0.465 e. The molecule has 1 aliphatic rings. The van der Waals surface area contributed by atoms with E-state index in [0.29, 0.717) is 0 Å². The number of nitrogens with zero attached hydrogens (tertiary/aromatic N) is 2. The van der Waals surface area contributed by atoms with Gasteiger partial charge in [0, 0.05) is 18.7 Å². The molecule has 2 heterocycles. The zero-order valence-corrected chi connectivity index (χ0v) is 13.4. The summed E-state index contributed by atoms with van der Waals surface area (Å²) >= 11 is 0. The highest BCUT2D eigenvalue weighted by molar-refractivity contribution is 5.20. The lowest BCUT2D eigenvalue weighted by atomic mass is 9.96. The fourth-order valence-electron chi connectivity index (χ4n) is 3.05. The molecule has 114 valence electrons. The lowest BCUT2D eigenvalue weighted by Gasteiger charge is -2.31. The van der Waals surface area contributed by atoms with Crippen molar-refractivity contribution >= 4 is 0 Å². The quantitative estimate of drug-likeness (QED) is 0.864. The second-order valence-corrected chi connectivity index (χ2v) is 6.27. The highest BCUT2D eigenvalue weighted by Gasteiger charge is 2.19. The molecule has 20 heavy (non-hydrogen) atoms. The number of hydrogen-bond acceptors (Lipinski definition) is 4. The van der Waals surface area contributed by atoms with Gasteiger partial charge in [0.05, 0.1) is 6.54 Å². The van der Waals surface area contributed by atoms with Crippen LogP contribution in [0.25, 0.3) is 0 Å². The molecule has 0 unspecified atom stereocenters. The van der Waals surface area contributed by atoms with Crippen LogP contribution in [0, 0.1) is 12.8 Å². The van der Waals surface area contributed by atoms with Crippen molar-refractivity contribution in [2.24, 2.45) is 5.92 Å². The minimum atomic E-state index is 0.805. The van der Waals surface area contributed by atoms with Crippen LogP contribution in [-0.2, 0) is 13.1 Å². The van der Waals surface area contributed by atoms with Crippen molar-refractivity contribution in [2.75, 3.05) is 40.8 Å². The van der Waals surface area contributed by atoms with Crippen molar-refractivity contribution < 1.29 is 4.42 Å². The maximum atomic E-state index is 5.76. The standard InChI is InChI=1S/C16H29N3O/c1-13-15(9-16(20-13)10-17-2)12-19(4)11-14-5-7-18(3)8-6-14/h9,14,17H,5-8,10-12H2,1-4H3. The molecule has 1 saturated heterocycles.